The molecule has 2 atom stereocenters. The lowest BCUT2D eigenvalue weighted by Gasteiger charge is -2.14. The molecule has 0 fully saturated rings. The van der Waals surface area contributed by atoms with Gasteiger partial charge in [-0.2, -0.15) is 0 Å². The van der Waals surface area contributed by atoms with E-state index in [1.54, 1.807) is 0 Å². The standard InChI is InChI=1S/C7H10FN3O2/c8-1-4(6(9)7(12)13)5-2-10-3-11-5/h2-4,6H,1,9H2,(H,10,11)(H,12,13)/t4?,6-/m0/s1. The van der Waals surface area contributed by atoms with Crippen molar-refractivity contribution in [1.29, 1.82) is 0 Å². The highest BCUT2D eigenvalue weighted by atomic mass is 19.1. The number of rotatable bonds is 4. The van der Waals surface area contributed by atoms with Gasteiger partial charge >= 0.3 is 5.97 Å². The smallest absolute Gasteiger partial charge is 0.321 e. The molecular formula is C7H10FN3O2. The number of halogens is 1. The third-order valence-electron chi connectivity index (χ3n) is 1.78. The van der Waals surface area contributed by atoms with Crippen LogP contribution in [0.15, 0.2) is 12.5 Å². The molecule has 1 unspecified atom stereocenters. The van der Waals surface area contributed by atoms with Gasteiger partial charge < -0.3 is 15.8 Å². The van der Waals surface area contributed by atoms with Gasteiger partial charge in [0.15, 0.2) is 0 Å². The average Bonchev–Trinajstić information content (AvgIpc) is 2.58. The minimum Gasteiger partial charge on any atom is -0.480 e. The summed E-state index contributed by atoms with van der Waals surface area (Å²) in [5.41, 5.74) is 5.60. The van der Waals surface area contributed by atoms with E-state index in [1.807, 2.05) is 0 Å². The highest BCUT2D eigenvalue weighted by Gasteiger charge is 2.27. The van der Waals surface area contributed by atoms with Crippen molar-refractivity contribution < 1.29 is 14.3 Å². The van der Waals surface area contributed by atoms with Crippen LogP contribution < -0.4 is 5.73 Å². The fourth-order valence-electron chi connectivity index (χ4n) is 1.01. The van der Waals surface area contributed by atoms with Crippen molar-refractivity contribution in [3.8, 4) is 0 Å². The van der Waals surface area contributed by atoms with Crippen LogP contribution in [0.5, 0.6) is 0 Å². The number of nitrogens with zero attached hydrogens (tertiary/aromatic N) is 1. The van der Waals surface area contributed by atoms with Crippen molar-refractivity contribution in [2.45, 2.75) is 12.0 Å². The van der Waals surface area contributed by atoms with Gasteiger partial charge in [-0.25, -0.2) is 4.98 Å². The lowest BCUT2D eigenvalue weighted by Crippen LogP contribution is -2.37. The zero-order valence-electron chi connectivity index (χ0n) is 6.77. The van der Waals surface area contributed by atoms with Gasteiger partial charge in [0.1, 0.15) is 6.04 Å². The Morgan fingerprint density at radius 1 is 1.85 bits per heavy atom. The summed E-state index contributed by atoms with van der Waals surface area (Å²) >= 11 is 0. The molecule has 4 N–H and O–H groups in total. The lowest BCUT2D eigenvalue weighted by molar-refractivity contribution is -0.139. The van der Waals surface area contributed by atoms with E-state index in [9.17, 15) is 9.18 Å². The summed E-state index contributed by atoms with van der Waals surface area (Å²) in [4.78, 5) is 16.8. The van der Waals surface area contributed by atoms with Crippen LogP contribution in [0.1, 0.15) is 11.6 Å². The molecule has 0 aliphatic rings. The number of aromatic amines is 1. The number of carboxylic acid groups (broad SMARTS) is 1. The van der Waals surface area contributed by atoms with E-state index in [-0.39, 0.29) is 0 Å². The first-order chi connectivity index (χ1) is 6.16. The summed E-state index contributed by atoms with van der Waals surface area (Å²) in [5, 5.41) is 8.55. The molecule has 0 saturated heterocycles. The van der Waals surface area contributed by atoms with E-state index >= 15 is 0 Å². The number of aromatic nitrogens is 2. The second-order valence-corrected chi connectivity index (χ2v) is 2.62. The first-order valence-corrected chi connectivity index (χ1v) is 3.70. The van der Waals surface area contributed by atoms with Crippen LogP contribution in [0.3, 0.4) is 0 Å². The molecule has 13 heavy (non-hydrogen) atoms. The van der Waals surface area contributed by atoms with Crippen molar-refractivity contribution in [3.05, 3.63) is 18.2 Å². The van der Waals surface area contributed by atoms with E-state index < -0.39 is 24.6 Å². The number of alkyl halides is 1. The minimum absolute atomic E-state index is 0.331. The summed E-state index contributed by atoms with van der Waals surface area (Å²) in [5.74, 6) is -2.12. The van der Waals surface area contributed by atoms with Crippen LogP contribution >= 0.6 is 0 Å². The van der Waals surface area contributed by atoms with Gasteiger partial charge in [-0.15, -0.1) is 0 Å². The van der Waals surface area contributed by atoms with Crippen molar-refractivity contribution in [2.75, 3.05) is 6.67 Å². The number of nitrogens with two attached hydrogens (primary N) is 1. The Morgan fingerprint density at radius 2 is 2.54 bits per heavy atom. The number of H-pyrrole nitrogens is 1. The molecule has 0 radical (unpaired) electrons. The van der Waals surface area contributed by atoms with Gasteiger partial charge in [0.25, 0.3) is 0 Å². The zero-order valence-corrected chi connectivity index (χ0v) is 6.77. The van der Waals surface area contributed by atoms with E-state index in [0.717, 1.165) is 0 Å². The van der Waals surface area contributed by atoms with Gasteiger partial charge in [-0.05, 0) is 0 Å². The maximum atomic E-state index is 12.4. The summed E-state index contributed by atoms with van der Waals surface area (Å²) in [6, 6.07) is -1.26. The Labute approximate surface area is 73.8 Å². The maximum absolute atomic E-state index is 12.4. The van der Waals surface area contributed by atoms with Gasteiger partial charge in [-0.3, -0.25) is 9.18 Å². The van der Waals surface area contributed by atoms with E-state index in [0.29, 0.717) is 5.69 Å². The molecule has 72 valence electrons. The lowest BCUT2D eigenvalue weighted by atomic mass is 9.99. The number of carboxylic acids is 1. The molecule has 0 saturated carbocycles. The fourth-order valence-corrected chi connectivity index (χ4v) is 1.01. The number of carbonyl (C=O) groups is 1. The van der Waals surface area contributed by atoms with Gasteiger partial charge in [-0.1, -0.05) is 0 Å². The molecule has 1 rings (SSSR count). The summed E-state index contributed by atoms with van der Waals surface area (Å²) in [6.45, 7) is -0.835. The number of hydrogen-bond acceptors (Lipinski definition) is 3. The Bertz CT molecular complexity index is 275. The topological polar surface area (TPSA) is 92.0 Å². The van der Waals surface area contributed by atoms with Crippen LogP contribution in [0.2, 0.25) is 0 Å². The Morgan fingerprint density at radius 3 is 2.92 bits per heavy atom. The second-order valence-electron chi connectivity index (χ2n) is 2.62. The molecule has 1 aromatic heterocycles. The minimum atomic E-state index is -1.26. The molecule has 0 spiro atoms. The van der Waals surface area contributed by atoms with E-state index in [2.05, 4.69) is 9.97 Å². The van der Waals surface area contributed by atoms with Crippen LogP contribution in [-0.4, -0.2) is 33.8 Å². The monoisotopic (exact) mass is 187 g/mol. The van der Waals surface area contributed by atoms with Crippen molar-refractivity contribution >= 4 is 5.97 Å². The Hall–Kier alpha value is -1.43. The van der Waals surface area contributed by atoms with Gasteiger partial charge in [0.2, 0.25) is 0 Å². The summed E-state index contributed by atoms with van der Waals surface area (Å²) in [6.07, 6.45) is 2.79. The highest BCUT2D eigenvalue weighted by molar-refractivity contribution is 5.74. The van der Waals surface area contributed by atoms with Crippen molar-refractivity contribution in [3.63, 3.8) is 0 Å². The molecule has 1 aromatic rings. The largest absolute Gasteiger partial charge is 0.480 e. The molecule has 0 bridgehead atoms. The predicted octanol–water partition coefficient (Wildman–Crippen LogP) is -0.125. The molecule has 1 heterocycles. The molecule has 0 amide bonds. The molecule has 0 aliphatic heterocycles. The number of hydrogen-bond donors (Lipinski definition) is 3. The zero-order chi connectivity index (χ0) is 9.84. The molecule has 0 aromatic carbocycles. The predicted molar refractivity (Wildman–Crippen MR) is 42.9 cm³/mol. The van der Waals surface area contributed by atoms with Crippen LogP contribution in [0.25, 0.3) is 0 Å². The van der Waals surface area contributed by atoms with Crippen LogP contribution in [0.4, 0.5) is 4.39 Å². The maximum Gasteiger partial charge on any atom is 0.321 e. The van der Waals surface area contributed by atoms with E-state index in [1.165, 1.54) is 12.5 Å². The third-order valence-corrected chi connectivity index (χ3v) is 1.78. The van der Waals surface area contributed by atoms with Gasteiger partial charge in [0.05, 0.1) is 24.6 Å². The van der Waals surface area contributed by atoms with Crippen molar-refractivity contribution in [2.24, 2.45) is 5.73 Å². The first kappa shape index (κ1) is 9.66. The fraction of sp³-hybridized carbons (Fsp3) is 0.429. The second kappa shape index (κ2) is 3.99. The summed E-state index contributed by atoms with van der Waals surface area (Å²) in [7, 11) is 0. The Balaban J connectivity index is 2.79. The Kier molecular flexibility index (Phi) is 2.97. The number of nitrogens with one attached hydrogen (secondary N) is 1. The molecule has 5 nitrogen and oxygen atoms in total. The molecular weight excluding hydrogens is 177 g/mol. The first-order valence-electron chi connectivity index (χ1n) is 3.70. The molecule has 0 aliphatic carbocycles. The third kappa shape index (κ3) is 2.03. The number of aliphatic carboxylic acids is 1. The SMILES string of the molecule is N[C@H](C(=O)O)C(CF)c1c[nH]cn1. The number of imidazole rings is 1. The summed E-state index contributed by atoms with van der Waals surface area (Å²) < 4.78 is 12.4. The highest BCUT2D eigenvalue weighted by Crippen LogP contribution is 2.16. The van der Waals surface area contributed by atoms with Crippen LogP contribution in [-0.2, 0) is 4.79 Å². The van der Waals surface area contributed by atoms with E-state index in [4.69, 9.17) is 10.8 Å². The quantitative estimate of drug-likeness (QED) is 0.612. The van der Waals surface area contributed by atoms with Crippen LogP contribution in [0, 0.1) is 0 Å². The average molecular weight is 187 g/mol. The van der Waals surface area contributed by atoms with Gasteiger partial charge in [0, 0.05) is 6.20 Å². The molecule has 6 heteroatoms. The van der Waals surface area contributed by atoms with Crippen molar-refractivity contribution in [1.82, 2.24) is 9.97 Å². The normalized spacial score (nSPS) is 15.2.